The Balaban J connectivity index is 1.90. The number of aromatic nitrogens is 2. The monoisotopic (exact) mass is 384 g/mol. The summed E-state index contributed by atoms with van der Waals surface area (Å²) >= 11 is 0. The van der Waals surface area contributed by atoms with Crippen LogP contribution in [-0.2, 0) is 26.4 Å². The van der Waals surface area contributed by atoms with Gasteiger partial charge in [-0.1, -0.05) is 26.0 Å². The molecule has 0 saturated carbocycles. The van der Waals surface area contributed by atoms with E-state index in [4.69, 9.17) is 5.73 Å². The van der Waals surface area contributed by atoms with Crippen molar-refractivity contribution in [2.45, 2.75) is 46.1 Å². The first kappa shape index (κ1) is 19.9. The van der Waals surface area contributed by atoms with Gasteiger partial charge in [-0.05, 0) is 48.8 Å². The largest absolute Gasteiger partial charge is 0.384 e. The number of nitrogens with zero attached hydrogens (tertiary/aromatic N) is 2. The van der Waals surface area contributed by atoms with Gasteiger partial charge >= 0.3 is 5.69 Å². The van der Waals surface area contributed by atoms with Crippen LogP contribution in [0, 0.1) is 5.92 Å². The number of aryl methyl sites for hydroxylation is 1. The SMILES string of the molecule is CC(C)Cn1c(N)c(C(=O)CNc2cccc3c2CCCC3)c(=O)n(C)c1=O. The summed E-state index contributed by atoms with van der Waals surface area (Å²) in [5.74, 6) is -0.317. The lowest BCUT2D eigenvalue weighted by Gasteiger charge is -2.20. The van der Waals surface area contributed by atoms with Gasteiger partial charge in [-0.25, -0.2) is 4.79 Å². The van der Waals surface area contributed by atoms with Crippen molar-refractivity contribution < 1.29 is 4.79 Å². The summed E-state index contributed by atoms with van der Waals surface area (Å²) in [4.78, 5) is 37.8. The van der Waals surface area contributed by atoms with Gasteiger partial charge in [-0.2, -0.15) is 0 Å². The zero-order valence-electron chi connectivity index (χ0n) is 16.7. The summed E-state index contributed by atoms with van der Waals surface area (Å²) in [5, 5.41) is 3.18. The standard InChI is InChI=1S/C21H28N4O3/c1-13(2)12-25-19(22)18(20(27)24(3)21(25)28)17(26)11-23-16-10-6-8-14-7-4-5-9-15(14)16/h6,8,10,13,23H,4-5,7,9,11-12,22H2,1-3H3. The Morgan fingerprint density at radius 1 is 1.21 bits per heavy atom. The van der Waals surface area contributed by atoms with E-state index in [9.17, 15) is 14.4 Å². The number of anilines is 2. The molecule has 1 heterocycles. The Labute approximate surface area is 164 Å². The molecule has 1 aromatic carbocycles. The van der Waals surface area contributed by atoms with Crippen LogP contribution in [0.4, 0.5) is 11.5 Å². The first-order valence-corrected chi connectivity index (χ1v) is 9.78. The highest BCUT2D eigenvalue weighted by molar-refractivity contribution is 6.02. The molecule has 2 aromatic rings. The van der Waals surface area contributed by atoms with Crippen molar-refractivity contribution in [1.29, 1.82) is 0 Å². The van der Waals surface area contributed by atoms with Crippen molar-refractivity contribution in [2.24, 2.45) is 13.0 Å². The van der Waals surface area contributed by atoms with Crippen molar-refractivity contribution >= 4 is 17.3 Å². The topological polar surface area (TPSA) is 99.1 Å². The molecule has 0 atom stereocenters. The first-order chi connectivity index (χ1) is 13.3. The molecule has 3 rings (SSSR count). The number of fused-ring (bicyclic) bond motifs is 1. The molecule has 7 nitrogen and oxygen atoms in total. The molecule has 0 amide bonds. The molecule has 0 unspecified atom stereocenters. The minimum Gasteiger partial charge on any atom is -0.384 e. The van der Waals surface area contributed by atoms with Crippen LogP contribution in [-0.4, -0.2) is 21.5 Å². The molecule has 150 valence electrons. The molecule has 3 N–H and O–H groups in total. The Kier molecular flexibility index (Phi) is 5.72. The average Bonchev–Trinajstić information content (AvgIpc) is 2.68. The minimum absolute atomic E-state index is 0.0459. The lowest BCUT2D eigenvalue weighted by molar-refractivity contribution is 0.100. The van der Waals surface area contributed by atoms with Crippen LogP contribution in [0.15, 0.2) is 27.8 Å². The molecule has 0 radical (unpaired) electrons. The summed E-state index contributed by atoms with van der Waals surface area (Å²) in [7, 11) is 1.37. The molecule has 28 heavy (non-hydrogen) atoms. The van der Waals surface area contributed by atoms with Crippen LogP contribution in [0.25, 0.3) is 0 Å². The van der Waals surface area contributed by atoms with Crippen LogP contribution in [0.3, 0.4) is 0 Å². The van der Waals surface area contributed by atoms with E-state index in [0.29, 0.717) is 6.54 Å². The molecule has 7 heteroatoms. The van der Waals surface area contributed by atoms with E-state index in [1.54, 1.807) is 0 Å². The number of Topliss-reactive ketones (excluding diaryl/α,β-unsaturated/α-hetero) is 1. The fraction of sp³-hybridized carbons (Fsp3) is 0.476. The van der Waals surface area contributed by atoms with Gasteiger partial charge in [0.25, 0.3) is 5.56 Å². The van der Waals surface area contributed by atoms with E-state index in [0.717, 1.165) is 29.5 Å². The van der Waals surface area contributed by atoms with Crippen molar-refractivity contribution in [3.63, 3.8) is 0 Å². The van der Waals surface area contributed by atoms with Gasteiger partial charge < -0.3 is 11.1 Å². The molecular formula is C21H28N4O3. The summed E-state index contributed by atoms with van der Waals surface area (Å²) in [5.41, 5.74) is 8.29. The zero-order valence-corrected chi connectivity index (χ0v) is 16.7. The molecule has 1 aromatic heterocycles. The third-order valence-corrected chi connectivity index (χ3v) is 5.25. The summed E-state index contributed by atoms with van der Waals surface area (Å²) in [6.45, 7) is 4.19. The molecule has 1 aliphatic carbocycles. The van der Waals surface area contributed by atoms with Crippen LogP contribution >= 0.6 is 0 Å². The lowest BCUT2D eigenvalue weighted by atomic mass is 9.90. The summed E-state index contributed by atoms with van der Waals surface area (Å²) in [6.07, 6.45) is 4.34. The smallest absolute Gasteiger partial charge is 0.332 e. The van der Waals surface area contributed by atoms with E-state index in [2.05, 4.69) is 11.4 Å². The van der Waals surface area contributed by atoms with E-state index in [-0.39, 0.29) is 23.8 Å². The van der Waals surface area contributed by atoms with Crippen molar-refractivity contribution in [2.75, 3.05) is 17.6 Å². The lowest BCUT2D eigenvalue weighted by Crippen LogP contribution is -2.43. The van der Waals surface area contributed by atoms with E-state index < -0.39 is 17.0 Å². The van der Waals surface area contributed by atoms with Crippen LogP contribution in [0.2, 0.25) is 0 Å². The number of nitrogens with two attached hydrogens (primary N) is 1. The number of hydrogen-bond donors (Lipinski definition) is 2. The van der Waals surface area contributed by atoms with Crippen LogP contribution in [0.5, 0.6) is 0 Å². The van der Waals surface area contributed by atoms with Crippen molar-refractivity contribution in [3.8, 4) is 0 Å². The third kappa shape index (κ3) is 3.74. The number of ketones is 1. The molecule has 0 saturated heterocycles. The first-order valence-electron chi connectivity index (χ1n) is 9.78. The van der Waals surface area contributed by atoms with Crippen LogP contribution in [0.1, 0.15) is 48.2 Å². The highest BCUT2D eigenvalue weighted by Gasteiger charge is 2.22. The fourth-order valence-corrected chi connectivity index (χ4v) is 3.80. The summed E-state index contributed by atoms with van der Waals surface area (Å²) < 4.78 is 2.26. The fourth-order valence-electron chi connectivity index (χ4n) is 3.80. The van der Waals surface area contributed by atoms with E-state index in [1.807, 2.05) is 26.0 Å². The number of rotatable bonds is 6. The van der Waals surface area contributed by atoms with Gasteiger partial charge in [0.15, 0.2) is 5.78 Å². The maximum Gasteiger partial charge on any atom is 0.332 e. The maximum absolute atomic E-state index is 12.9. The van der Waals surface area contributed by atoms with Gasteiger partial charge in [0.2, 0.25) is 0 Å². The summed E-state index contributed by atoms with van der Waals surface area (Å²) in [6, 6.07) is 6.06. The predicted molar refractivity (Wildman–Crippen MR) is 111 cm³/mol. The van der Waals surface area contributed by atoms with Gasteiger partial charge in [0, 0.05) is 19.3 Å². The van der Waals surface area contributed by atoms with Gasteiger partial charge in [0.05, 0.1) is 6.54 Å². The highest BCUT2D eigenvalue weighted by atomic mass is 16.2. The van der Waals surface area contributed by atoms with E-state index >= 15 is 0 Å². The normalized spacial score (nSPS) is 13.4. The van der Waals surface area contributed by atoms with Gasteiger partial charge in [0.1, 0.15) is 11.4 Å². The number of nitrogen functional groups attached to an aromatic ring is 1. The molecule has 0 aliphatic heterocycles. The van der Waals surface area contributed by atoms with Crippen molar-refractivity contribution in [3.05, 3.63) is 55.7 Å². The maximum atomic E-state index is 12.9. The second-order valence-electron chi connectivity index (χ2n) is 7.84. The van der Waals surface area contributed by atoms with Gasteiger partial charge in [-0.15, -0.1) is 0 Å². The Bertz CT molecular complexity index is 1020. The number of nitrogens with one attached hydrogen (secondary N) is 1. The second kappa shape index (κ2) is 8.04. The third-order valence-electron chi connectivity index (χ3n) is 5.25. The molecule has 0 bridgehead atoms. The number of carbonyl (C=O) groups is 1. The van der Waals surface area contributed by atoms with E-state index in [1.165, 1.54) is 29.2 Å². The van der Waals surface area contributed by atoms with Gasteiger partial charge in [-0.3, -0.25) is 18.7 Å². The molecule has 0 fully saturated rings. The second-order valence-corrected chi connectivity index (χ2v) is 7.84. The zero-order chi connectivity index (χ0) is 20.4. The number of hydrogen-bond acceptors (Lipinski definition) is 5. The molecule has 0 spiro atoms. The predicted octanol–water partition coefficient (Wildman–Crippen LogP) is 1.96. The van der Waals surface area contributed by atoms with Crippen LogP contribution < -0.4 is 22.3 Å². The Hall–Kier alpha value is -2.83. The average molecular weight is 384 g/mol. The number of benzene rings is 1. The Morgan fingerprint density at radius 3 is 2.64 bits per heavy atom. The number of carbonyl (C=O) groups excluding carboxylic acids is 1. The van der Waals surface area contributed by atoms with Crippen molar-refractivity contribution in [1.82, 2.24) is 9.13 Å². The Morgan fingerprint density at radius 2 is 1.93 bits per heavy atom. The highest BCUT2D eigenvalue weighted by Crippen LogP contribution is 2.27. The minimum atomic E-state index is -0.649. The quantitative estimate of drug-likeness (QED) is 0.742. The molecule has 1 aliphatic rings. The molecular weight excluding hydrogens is 356 g/mol.